The molecule has 5 aromatic rings. The van der Waals surface area contributed by atoms with Crippen LogP contribution >= 0.6 is 23.1 Å². The van der Waals surface area contributed by atoms with Crippen molar-refractivity contribution in [3.8, 4) is 22.5 Å². The molecule has 206 valence electrons. The fourth-order valence-corrected chi connectivity index (χ4v) is 5.70. The number of anilines is 1. The van der Waals surface area contributed by atoms with E-state index in [1.165, 1.54) is 9.58 Å². The van der Waals surface area contributed by atoms with Gasteiger partial charge in [-0.2, -0.15) is 24.7 Å². The van der Waals surface area contributed by atoms with Crippen LogP contribution < -0.4 is 11.1 Å². The second-order valence-electron chi connectivity index (χ2n) is 9.37. The maximum Gasteiger partial charge on any atom is 0.269 e. The minimum Gasteiger partial charge on any atom is -0.364 e. The summed E-state index contributed by atoms with van der Waals surface area (Å²) >= 11 is 7.28. The lowest BCUT2D eigenvalue weighted by Crippen LogP contribution is -2.44. The minimum atomic E-state index is -0.710. The molecule has 0 radical (unpaired) electrons. The summed E-state index contributed by atoms with van der Waals surface area (Å²) in [6, 6.07) is 13.7. The predicted octanol–water partition coefficient (Wildman–Crippen LogP) is 3.39. The van der Waals surface area contributed by atoms with Crippen LogP contribution in [0.1, 0.15) is 23.3 Å². The highest BCUT2D eigenvalue weighted by Gasteiger charge is 2.35. The smallest absolute Gasteiger partial charge is 0.269 e. The van der Waals surface area contributed by atoms with Crippen molar-refractivity contribution in [2.45, 2.75) is 25.4 Å². The Morgan fingerprint density at radius 2 is 1.95 bits per heavy atom. The van der Waals surface area contributed by atoms with Crippen LogP contribution in [0.25, 0.3) is 33.4 Å². The molecule has 14 heteroatoms. The van der Waals surface area contributed by atoms with Gasteiger partial charge in [-0.3, -0.25) is 24.4 Å². The van der Waals surface area contributed by atoms with Gasteiger partial charge in [0.2, 0.25) is 16.9 Å². The normalized spacial score (nSPS) is 14.9. The first-order valence-corrected chi connectivity index (χ1v) is 13.8. The lowest BCUT2D eigenvalue weighted by Gasteiger charge is -2.23. The van der Waals surface area contributed by atoms with Crippen molar-refractivity contribution < 1.29 is 14.4 Å². The first kappa shape index (κ1) is 26.5. The molecular formula is C27H22ClN9O3S. The SMILES string of the molecule is NC(=O)c1nn(CC(=O)N2CCC[C@H]2C(=O)Nc2nc(-c3ccccc3Cl)ns2)c2ccc(-c3ccnnc3)cc12. The Balaban J connectivity index is 1.20. The van der Waals surface area contributed by atoms with E-state index in [0.29, 0.717) is 51.8 Å². The number of aromatic nitrogens is 6. The molecule has 12 nitrogen and oxygen atoms in total. The number of carbonyl (C=O) groups excluding carboxylic acids is 3. The van der Waals surface area contributed by atoms with Crippen molar-refractivity contribution >= 4 is 56.9 Å². The number of hydrogen-bond acceptors (Lipinski definition) is 9. The number of hydrogen-bond donors (Lipinski definition) is 2. The molecule has 2 aromatic carbocycles. The lowest BCUT2D eigenvalue weighted by molar-refractivity contribution is -0.137. The lowest BCUT2D eigenvalue weighted by atomic mass is 10.0. The van der Waals surface area contributed by atoms with Crippen LogP contribution in [-0.2, 0) is 16.1 Å². The largest absolute Gasteiger partial charge is 0.364 e. The first-order valence-electron chi connectivity index (χ1n) is 12.7. The molecule has 1 saturated heterocycles. The zero-order valence-corrected chi connectivity index (χ0v) is 23.0. The van der Waals surface area contributed by atoms with Crippen molar-refractivity contribution in [2.24, 2.45) is 5.73 Å². The Hall–Kier alpha value is -4.75. The molecule has 6 rings (SSSR count). The Bertz CT molecular complexity index is 1790. The van der Waals surface area contributed by atoms with Gasteiger partial charge in [0, 0.05) is 34.6 Å². The molecule has 0 aliphatic carbocycles. The van der Waals surface area contributed by atoms with Gasteiger partial charge in [-0.15, -0.1) is 0 Å². The number of likely N-dealkylation sites (tertiary alicyclic amines) is 1. The zero-order valence-electron chi connectivity index (χ0n) is 21.4. The topological polar surface area (TPSA) is 162 Å². The maximum atomic E-state index is 13.4. The molecule has 1 aliphatic heterocycles. The zero-order chi connectivity index (χ0) is 28.5. The minimum absolute atomic E-state index is 0.0537. The van der Waals surface area contributed by atoms with Gasteiger partial charge in [0.05, 0.1) is 22.9 Å². The number of nitrogens with two attached hydrogens (primary N) is 1. The van der Waals surface area contributed by atoms with E-state index in [1.54, 1.807) is 42.7 Å². The van der Waals surface area contributed by atoms with E-state index in [2.05, 4.69) is 30.0 Å². The van der Waals surface area contributed by atoms with Crippen LogP contribution in [0.5, 0.6) is 0 Å². The molecule has 3 amide bonds. The number of fused-ring (bicyclic) bond motifs is 1. The average molecular weight is 588 g/mol. The Kier molecular flexibility index (Phi) is 7.12. The average Bonchev–Trinajstić information content (AvgIpc) is 3.73. The second-order valence-corrected chi connectivity index (χ2v) is 10.5. The van der Waals surface area contributed by atoms with Crippen LogP contribution in [-0.4, -0.2) is 64.5 Å². The number of carbonyl (C=O) groups is 3. The summed E-state index contributed by atoms with van der Waals surface area (Å²) < 4.78 is 5.75. The van der Waals surface area contributed by atoms with E-state index in [1.807, 2.05) is 18.2 Å². The highest BCUT2D eigenvalue weighted by atomic mass is 35.5. The number of nitrogens with one attached hydrogen (secondary N) is 1. The number of rotatable bonds is 7. The van der Waals surface area contributed by atoms with Gasteiger partial charge >= 0.3 is 0 Å². The molecule has 0 bridgehead atoms. The highest BCUT2D eigenvalue weighted by Crippen LogP contribution is 2.29. The highest BCUT2D eigenvalue weighted by molar-refractivity contribution is 7.10. The molecule has 1 aliphatic rings. The third kappa shape index (κ3) is 5.24. The standard InChI is InChI=1S/C27H22ClN9O3S/c28-19-5-2-1-4-17(19)25-32-27(41-35-25)33-26(40)21-6-3-11-36(21)22(38)14-37-20-8-7-15(16-9-10-30-31-13-16)12-18(20)23(34-37)24(29)39/h1-2,4-5,7-10,12-13,21H,3,6,11,14H2,(H2,29,39)(H,32,33,35,40)/t21-/m0/s1. The van der Waals surface area contributed by atoms with E-state index in [0.717, 1.165) is 22.7 Å². The summed E-state index contributed by atoms with van der Waals surface area (Å²) in [5.41, 5.74) is 8.50. The summed E-state index contributed by atoms with van der Waals surface area (Å²) in [6.07, 6.45) is 4.35. The van der Waals surface area contributed by atoms with Crippen molar-refractivity contribution in [1.82, 2.24) is 34.2 Å². The van der Waals surface area contributed by atoms with E-state index >= 15 is 0 Å². The van der Waals surface area contributed by atoms with Crippen LogP contribution in [0, 0.1) is 0 Å². The van der Waals surface area contributed by atoms with Gasteiger partial charge in [0.25, 0.3) is 5.91 Å². The van der Waals surface area contributed by atoms with E-state index in [4.69, 9.17) is 17.3 Å². The van der Waals surface area contributed by atoms with Crippen LogP contribution in [0.15, 0.2) is 60.9 Å². The third-order valence-electron chi connectivity index (χ3n) is 6.83. The summed E-state index contributed by atoms with van der Waals surface area (Å²) in [7, 11) is 0. The van der Waals surface area contributed by atoms with E-state index in [9.17, 15) is 14.4 Å². The number of amides is 3. The Morgan fingerprint density at radius 1 is 1.10 bits per heavy atom. The van der Waals surface area contributed by atoms with E-state index < -0.39 is 11.9 Å². The summed E-state index contributed by atoms with van der Waals surface area (Å²) in [4.78, 5) is 44.7. The van der Waals surface area contributed by atoms with Gasteiger partial charge in [-0.05, 0) is 48.7 Å². The molecule has 3 aromatic heterocycles. The fourth-order valence-electron chi connectivity index (χ4n) is 4.89. The molecular weight excluding hydrogens is 566 g/mol. The quantitative estimate of drug-likeness (QED) is 0.293. The number of halogens is 1. The van der Waals surface area contributed by atoms with Gasteiger partial charge in [0.15, 0.2) is 11.5 Å². The molecule has 1 fully saturated rings. The molecule has 4 heterocycles. The Labute approximate surface area is 242 Å². The van der Waals surface area contributed by atoms with Crippen molar-refractivity contribution in [3.63, 3.8) is 0 Å². The van der Waals surface area contributed by atoms with Crippen LogP contribution in [0.3, 0.4) is 0 Å². The third-order valence-corrected chi connectivity index (χ3v) is 7.79. The van der Waals surface area contributed by atoms with Gasteiger partial charge in [0.1, 0.15) is 12.6 Å². The Morgan fingerprint density at radius 3 is 2.73 bits per heavy atom. The molecule has 3 N–H and O–H groups in total. The molecule has 0 spiro atoms. The fraction of sp³-hybridized carbons (Fsp3) is 0.185. The van der Waals surface area contributed by atoms with Gasteiger partial charge in [-0.25, -0.2) is 0 Å². The van der Waals surface area contributed by atoms with Crippen molar-refractivity contribution in [2.75, 3.05) is 11.9 Å². The van der Waals surface area contributed by atoms with Crippen molar-refractivity contribution in [1.29, 1.82) is 0 Å². The predicted molar refractivity (Wildman–Crippen MR) is 153 cm³/mol. The summed E-state index contributed by atoms with van der Waals surface area (Å²) in [5, 5.41) is 16.2. The summed E-state index contributed by atoms with van der Waals surface area (Å²) in [6.45, 7) is 0.248. The van der Waals surface area contributed by atoms with Crippen LogP contribution in [0.2, 0.25) is 5.02 Å². The van der Waals surface area contributed by atoms with Gasteiger partial charge in [-0.1, -0.05) is 29.8 Å². The van der Waals surface area contributed by atoms with E-state index in [-0.39, 0.29) is 24.1 Å². The molecule has 41 heavy (non-hydrogen) atoms. The number of benzene rings is 2. The van der Waals surface area contributed by atoms with Crippen LogP contribution in [0.4, 0.5) is 5.13 Å². The first-order chi connectivity index (χ1) is 19.9. The molecule has 0 saturated carbocycles. The van der Waals surface area contributed by atoms with Gasteiger partial charge < -0.3 is 10.6 Å². The molecule has 1 atom stereocenters. The monoisotopic (exact) mass is 587 g/mol. The number of nitrogens with zero attached hydrogens (tertiary/aromatic N) is 7. The molecule has 0 unspecified atom stereocenters. The second kappa shape index (κ2) is 11.0. The number of primary amides is 1. The maximum absolute atomic E-state index is 13.4. The summed E-state index contributed by atoms with van der Waals surface area (Å²) in [5.74, 6) is -0.955. The van der Waals surface area contributed by atoms with Crippen molar-refractivity contribution in [3.05, 3.63) is 71.6 Å².